The molecule has 3 N–H and O–H groups in total. The molecule has 0 radical (unpaired) electrons. The summed E-state index contributed by atoms with van der Waals surface area (Å²) in [4.78, 5) is 34.9. The molecule has 4 rings (SSSR count). The number of likely N-dealkylation sites (N-methyl/N-ethyl adjacent to an activating group) is 1. The summed E-state index contributed by atoms with van der Waals surface area (Å²) in [5.41, 5.74) is 0.929. The highest BCUT2D eigenvalue weighted by molar-refractivity contribution is 6.03. The van der Waals surface area contributed by atoms with Crippen molar-refractivity contribution in [2.45, 2.75) is 44.8 Å². The second-order valence-corrected chi connectivity index (χ2v) is 7.84. The van der Waals surface area contributed by atoms with E-state index in [1.165, 1.54) is 0 Å². The van der Waals surface area contributed by atoms with Crippen molar-refractivity contribution in [3.63, 3.8) is 0 Å². The highest BCUT2D eigenvalue weighted by atomic mass is 19.2. The summed E-state index contributed by atoms with van der Waals surface area (Å²) in [5, 5.41) is 8.69. The van der Waals surface area contributed by atoms with Crippen LogP contribution in [0.4, 0.5) is 30.6 Å². The van der Waals surface area contributed by atoms with E-state index in [0.29, 0.717) is 48.1 Å². The lowest BCUT2D eigenvalue weighted by molar-refractivity contribution is -0.117. The van der Waals surface area contributed by atoms with Crippen LogP contribution in [0.3, 0.4) is 0 Å². The molecule has 0 bridgehead atoms. The third-order valence-electron chi connectivity index (χ3n) is 5.67. The Bertz CT molecular complexity index is 1050. The van der Waals surface area contributed by atoms with Crippen molar-refractivity contribution in [3.05, 3.63) is 40.8 Å². The Morgan fingerprint density at radius 2 is 1.81 bits per heavy atom. The van der Waals surface area contributed by atoms with E-state index >= 15 is 0 Å². The average molecular weight is 434 g/mol. The van der Waals surface area contributed by atoms with Crippen LogP contribution in [0.15, 0.2) is 12.1 Å². The molecule has 1 aromatic carbocycles. The van der Waals surface area contributed by atoms with Gasteiger partial charge in [-0.3, -0.25) is 9.59 Å². The van der Waals surface area contributed by atoms with Crippen LogP contribution in [-0.2, 0) is 4.79 Å². The number of amides is 2. The smallest absolute Gasteiger partial charge is 0.251 e. The van der Waals surface area contributed by atoms with Crippen LogP contribution in [0.2, 0.25) is 0 Å². The lowest BCUT2D eigenvalue weighted by Gasteiger charge is -2.37. The molecule has 1 saturated carbocycles. The molecular formula is C20H21F3N6O2. The summed E-state index contributed by atoms with van der Waals surface area (Å²) < 4.78 is 39.7. The maximum atomic E-state index is 13.3. The van der Waals surface area contributed by atoms with Crippen LogP contribution in [0, 0.1) is 24.4 Å². The molecule has 0 saturated heterocycles. The zero-order chi connectivity index (χ0) is 22.4. The number of hydrogen-bond donors (Lipinski definition) is 3. The second-order valence-electron chi connectivity index (χ2n) is 7.84. The van der Waals surface area contributed by atoms with Gasteiger partial charge in [0.1, 0.15) is 11.7 Å². The number of nitrogens with one attached hydrogen (secondary N) is 3. The fourth-order valence-corrected chi connectivity index (χ4v) is 3.60. The third-order valence-corrected chi connectivity index (χ3v) is 5.67. The van der Waals surface area contributed by atoms with Gasteiger partial charge >= 0.3 is 0 Å². The number of carbonyl (C=O) groups excluding carboxylic acids is 2. The number of carbonyl (C=O) groups is 2. The van der Waals surface area contributed by atoms with E-state index in [-0.39, 0.29) is 29.6 Å². The molecule has 2 aliphatic rings. The molecule has 11 heteroatoms. The van der Waals surface area contributed by atoms with Crippen LogP contribution in [0.25, 0.3) is 0 Å². The molecule has 31 heavy (non-hydrogen) atoms. The van der Waals surface area contributed by atoms with Gasteiger partial charge in [-0.2, -0.15) is 4.98 Å². The average Bonchev–Trinajstić information content (AvgIpc) is 2.69. The molecule has 2 aromatic rings. The van der Waals surface area contributed by atoms with Gasteiger partial charge in [-0.1, -0.05) is 0 Å². The number of benzene rings is 1. The lowest BCUT2D eigenvalue weighted by Crippen LogP contribution is -2.50. The first-order chi connectivity index (χ1) is 14.6. The van der Waals surface area contributed by atoms with Gasteiger partial charge in [-0.25, -0.2) is 18.2 Å². The zero-order valence-electron chi connectivity index (χ0n) is 17.1. The summed E-state index contributed by atoms with van der Waals surface area (Å²) in [6.45, 7) is 3.56. The molecule has 1 aromatic heterocycles. The van der Waals surface area contributed by atoms with E-state index < -0.39 is 23.4 Å². The molecule has 1 fully saturated rings. The van der Waals surface area contributed by atoms with Crippen molar-refractivity contribution >= 4 is 29.3 Å². The standard InChI is InChI=1S/C20H21F3N6O2/c1-8-16-17(29(3)9(2)18(30)27-16)28-20(24-8)26-12-6-11(7-12)25-19(31)10-4-13(21)15(23)14(22)5-10/h4-5,9,11-12H,6-7H2,1-3H3,(H,25,31)(H,27,30)(H,24,26,28)/t9-,11-,12-/m0/s1. The summed E-state index contributed by atoms with van der Waals surface area (Å²) >= 11 is 0. The van der Waals surface area contributed by atoms with Crippen molar-refractivity contribution in [2.75, 3.05) is 22.6 Å². The predicted molar refractivity (Wildman–Crippen MR) is 107 cm³/mol. The van der Waals surface area contributed by atoms with Gasteiger partial charge in [0.25, 0.3) is 5.91 Å². The maximum absolute atomic E-state index is 13.3. The summed E-state index contributed by atoms with van der Waals surface area (Å²) in [5.74, 6) is -4.20. The van der Waals surface area contributed by atoms with Crippen molar-refractivity contribution in [2.24, 2.45) is 0 Å². The molecule has 0 unspecified atom stereocenters. The highest BCUT2D eigenvalue weighted by Gasteiger charge is 2.33. The molecule has 2 heterocycles. The number of aryl methyl sites for hydroxylation is 1. The SMILES string of the molecule is Cc1nc(N[C@H]2C[C@H](NC(=O)c3cc(F)c(F)c(F)c3)C2)nc2c1NC(=O)[C@H](C)N2C. The number of aromatic nitrogens is 2. The highest BCUT2D eigenvalue weighted by Crippen LogP contribution is 2.33. The number of halogens is 3. The first kappa shape index (κ1) is 20.9. The predicted octanol–water partition coefficient (Wildman–Crippen LogP) is 2.35. The van der Waals surface area contributed by atoms with Crippen LogP contribution < -0.4 is 20.9 Å². The van der Waals surface area contributed by atoms with E-state index in [0.717, 1.165) is 0 Å². The monoisotopic (exact) mass is 434 g/mol. The number of fused-ring (bicyclic) bond motifs is 1. The fraction of sp³-hybridized carbons (Fsp3) is 0.400. The van der Waals surface area contributed by atoms with Crippen molar-refractivity contribution in [1.82, 2.24) is 15.3 Å². The number of rotatable bonds is 4. The van der Waals surface area contributed by atoms with Crippen LogP contribution in [0.5, 0.6) is 0 Å². The van der Waals surface area contributed by atoms with E-state index in [4.69, 9.17) is 0 Å². The van der Waals surface area contributed by atoms with Crippen LogP contribution >= 0.6 is 0 Å². The van der Waals surface area contributed by atoms with E-state index in [1.807, 2.05) is 0 Å². The number of hydrogen-bond acceptors (Lipinski definition) is 6. The molecule has 1 aliphatic carbocycles. The van der Waals surface area contributed by atoms with E-state index in [9.17, 15) is 22.8 Å². The van der Waals surface area contributed by atoms with Gasteiger partial charge in [0.15, 0.2) is 23.3 Å². The Morgan fingerprint density at radius 3 is 2.45 bits per heavy atom. The minimum absolute atomic E-state index is 0.00893. The Labute approximate surface area is 176 Å². The quantitative estimate of drug-likeness (QED) is 0.639. The Balaban J connectivity index is 1.37. The summed E-state index contributed by atoms with van der Waals surface area (Å²) in [6.07, 6.45) is 1.11. The van der Waals surface area contributed by atoms with Gasteiger partial charge in [0.2, 0.25) is 11.9 Å². The van der Waals surface area contributed by atoms with E-state index in [1.54, 1.807) is 25.8 Å². The normalized spacial score (nSPS) is 22.3. The third kappa shape index (κ3) is 3.87. The van der Waals surface area contributed by atoms with Crippen LogP contribution in [-0.4, -0.2) is 47.0 Å². The number of anilines is 3. The Kier molecular flexibility index (Phi) is 5.19. The van der Waals surface area contributed by atoms with Crippen molar-refractivity contribution in [3.8, 4) is 0 Å². The number of nitrogens with zero attached hydrogens (tertiary/aromatic N) is 3. The molecule has 8 nitrogen and oxygen atoms in total. The Morgan fingerprint density at radius 1 is 1.16 bits per heavy atom. The summed E-state index contributed by atoms with van der Waals surface area (Å²) in [7, 11) is 1.79. The maximum Gasteiger partial charge on any atom is 0.251 e. The largest absolute Gasteiger partial charge is 0.351 e. The topological polar surface area (TPSA) is 99.2 Å². The molecule has 164 valence electrons. The van der Waals surface area contributed by atoms with Gasteiger partial charge in [0.05, 0.1) is 5.69 Å². The molecular weight excluding hydrogens is 413 g/mol. The first-order valence-corrected chi connectivity index (χ1v) is 9.78. The van der Waals surface area contributed by atoms with E-state index in [2.05, 4.69) is 25.9 Å². The molecule has 1 aliphatic heterocycles. The van der Waals surface area contributed by atoms with Gasteiger partial charge < -0.3 is 20.9 Å². The van der Waals surface area contributed by atoms with Gasteiger partial charge in [-0.05, 0) is 38.8 Å². The minimum Gasteiger partial charge on any atom is -0.351 e. The summed E-state index contributed by atoms with van der Waals surface area (Å²) in [6, 6.07) is 0.760. The van der Waals surface area contributed by atoms with Gasteiger partial charge in [-0.15, -0.1) is 0 Å². The molecule has 1 atom stereocenters. The second kappa shape index (κ2) is 7.71. The fourth-order valence-electron chi connectivity index (χ4n) is 3.60. The lowest BCUT2D eigenvalue weighted by atomic mass is 9.86. The van der Waals surface area contributed by atoms with Crippen LogP contribution in [0.1, 0.15) is 35.8 Å². The Hall–Kier alpha value is -3.37. The first-order valence-electron chi connectivity index (χ1n) is 9.78. The van der Waals surface area contributed by atoms with Crippen molar-refractivity contribution in [1.29, 1.82) is 0 Å². The minimum atomic E-state index is -1.61. The zero-order valence-corrected chi connectivity index (χ0v) is 17.1. The molecule has 0 spiro atoms. The molecule has 2 amide bonds. The van der Waals surface area contributed by atoms with Gasteiger partial charge in [0, 0.05) is 24.7 Å². The van der Waals surface area contributed by atoms with Crippen molar-refractivity contribution < 1.29 is 22.8 Å².